The summed E-state index contributed by atoms with van der Waals surface area (Å²) in [5.74, 6) is 3.26. The van der Waals surface area contributed by atoms with E-state index < -0.39 is 0 Å². The maximum absolute atomic E-state index is 5.89. The largest absolute Gasteiger partial charge is 0.489 e. The maximum Gasteiger partial charge on any atom is 0.226 e. The summed E-state index contributed by atoms with van der Waals surface area (Å²) < 4.78 is 11.1. The van der Waals surface area contributed by atoms with Crippen molar-refractivity contribution in [3.05, 3.63) is 41.0 Å². The van der Waals surface area contributed by atoms with Gasteiger partial charge < -0.3 is 19.9 Å². The minimum Gasteiger partial charge on any atom is -0.489 e. The van der Waals surface area contributed by atoms with Gasteiger partial charge in [-0.1, -0.05) is 30.6 Å². The third-order valence-corrected chi connectivity index (χ3v) is 4.11. The smallest absolute Gasteiger partial charge is 0.226 e. The van der Waals surface area contributed by atoms with Crippen molar-refractivity contribution in [3.63, 3.8) is 0 Å². The minimum atomic E-state index is -0.0514. The molecule has 29 heavy (non-hydrogen) atoms. The lowest BCUT2D eigenvalue weighted by molar-refractivity contribution is 0.230. The van der Waals surface area contributed by atoms with Gasteiger partial charge in [-0.05, 0) is 44.5 Å². The Bertz CT molecular complexity index is 737. The number of guanidine groups is 1. The van der Waals surface area contributed by atoms with E-state index in [-0.39, 0.29) is 36.0 Å². The molecule has 2 rings (SSSR count). The summed E-state index contributed by atoms with van der Waals surface area (Å²) in [5, 5.41) is 11.2. The van der Waals surface area contributed by atoms with E-state index >= 15 is 0 Å². The average molecular weight is 536 g/mol. The number of rotatable bonds is 10. The van der Waals surface area contributed by atoms with Gasteiger partial charge in [0.25, 0.3) is 0 Å². The zero-order chi connectivity index (χ0) is 20.4. The topological polar surface area (TPSA) is 84.6 Å². The number of hydrogen-bond donors (Lipinski definition) is 2. The van der Waals surface area contributed by atoms with E-state index in [4.69, 9.17) is 20.9 Å². The van der Waals surface area contributed by atoms with Crippen LogP contribution >= 0.6 is 35.6 Å². The third-order valence-electron chi connectivity index (χ3n) is 3.86. The fourth-order valence-corrected chi connectivity index (χ4v) is 2.52. The highest BCUT2D eigenvalue weighted by molar-refractivity contribution is 14.0. The van der Waals surface area contributed by atoms with Gasteiger partial charge in [0, 0.05) is 30.5 Å². The molecule has 1 atom stereocenters. The summed E-state index contributed by atoms with van der Waals surface area (Å²) in [6.07, 6.45) is 1.56. The van der Waals surface area contributed by atoms with Crippen LogP contribution in [0.3, 0.4) is 0 Å². The first kappa shape index (κ1) is 25.5. The fourth-order valence-electron chi connectivity index (χ4n) is 2.39. The van der Waals surface area contributed by atoms with Gasteiger partial charge in [0.2, 0.25) is 5.89 Å². The molecule has 0 fully saturated rings. The number of nitrogens with zero attached hydrogens (tertiary/aromatic N) is 3. The molecule has 0 saturated heterocycles. The van der Waals surface area contributed by atoms with Crippen LogP contribution < -0.4 is 15.4 Å². The maximum atomic E-state index is 5.89. The summed E-state index contributed by atoms with van der Waals surface area (Å²) in [5.41, 5.74) is 0. The summed E-state index contributed by atoms with van der Waals surface area (Å²) in [6.45, 7) is 10.2. The van der Waals surface area contributed by atoms with Crippen LogP contribution in [0.4, 0.5) is 0 Å². The second-order valence-electron chi connectivity index (χ2n) is 6.83. The van der Waals surface area contributed by atoms with E-state index in [1.807, 2.05) is 52.0 Å². The molecular formula is C20H31ClIN5O2. The lowest BCUT2D eigenvalue weighted by Gasteiger charge is -2.15. The summed E-state index contributed by atoms with van der Waals surface area (Å²) in [7, 11) is 0. The Labute approximate surface area is 195 Å². The van der Waals surface area contributed by atoms with Gasteiger partial charge in [0.1, 0.15) is 11.9 Å². The molecule has 0 spiro atoms. The van der Waals surface area contributed by atoms with Crippen molar-refractivity contribution >= 4 is 41.5 Å². The molecular weight excluding hydrogens is 505 g/mol. The van der Waals surface area contributed by atoms with Crippen LogP contribution in [0.1, 0.15) is 51.7 Å². The second-order valence-corrected chi connectivity index (χ2v) is 7.27. The van der Waals surface area contributed by atoms with Crippen molar-refractivity contribution in [2.45, 2.75) is 52.6 Å². The molecule has 9 heteroatoms. The van der Waals surface area contributed by atoms with Crippen LogP contribution in [-0.4, -0.2) is 41.8 Å². The van der Waals surface area contributed by atoms with Crippen LogP contribution in [0.15, 0.2) is 33.8 Å². The minimum absolute atomic E-state index is 0. The summed E-state index contributed by atoms with van der Waals surface area (Å²) in [4.78, 5) is 8.98. The molecule has 2 N–H and O–H groups in total. The Hall–Kier alpha value is -1.55. The van der Waals surface area contributed by atoms with E-state index in [0.717, 1.165) is 43.5 Å². The average Bonchev–Trinajstić information content (AvgIpc) is 3.14. The number of halogens is 2. The van der Waals surface area contributed by atoms with E-state index in [2.05, 4.69) is 25.8 Å². The number of hydrogen-bond acceptors (Lipinski definition) is 5. The molecule has 1 heterocycles. The molecule has 0 aliphatic rings. The molecule has 0 amide bonds. The highest BCUT2D eigenvalue weighted by Crippen LogP contribution is 2.16. The van der Waals surface area contributed by atoms with Gasteiger partial charge in [0.05, 0.1) is 6.54 Å². The van der Waals surface area contributed by atoms with Gasteiger partial charge in [-0.2, -0.15) is 4.98 Å². The monoisotopic (exact) mass is 535 g/mol. The highest BCUT2D eigenvalue weighted by atomic mass is 127. The Kier molecular flexibility index (Phi) is 12.0. The van der Waals surface area contributed by atoms with Crippen molar-refractivity contribution in [2.75, 3.05) is 19.6 Å². The summed E-state index contributed by atoms with van der Waals surface area (Å²) >= 11 is 5.89. The van der Waals surface area contributed by atoms with Gasteiger partial charge in [0.15, 0.2) is 11.8 Å². The molecule has 0 bridgehead atoms. The van der Waals surface area contributed by atoms with E-state index in [9.17, 15) is 0 Å². The predicted octanol–water partition coefficient (Wildman–Crippen LogP) is 4.42. The number of ether oxygens (including phenoxy) is 1. The molecule has 0 radical (unpaired) electrons. The zero-order valence-corrected chi connectivity index (χ0v) is 20.5. The number of aromatic nitrogens is 2. The zero-order valence-electron chi connectivity index (χ0n) is 17.4. The Morgan fingerprint density at radius 2 is 1.93 bits per heavy atom. The number of aliphatic imine (C=N–C) groups is 1. The Balaban J connectivity index is 0.00000420. The number of nitrogens with one attached hydrogen (secondary N) is 2. The van der Waals surface area contributed by atoms with Crippen LogP contribution in [0.25, 0.3) is 0 Å². The lowest BCUT2D eigenvalue weighted by Crippen LogP contribution is -2.38. The number of benzene rings is 1. The first-order valence-corrected chi connectivity index (χ1v) is 10.1. The first-order valence-electron chi connectivity index (χ1n) is 9.74. The third kappa shape index (κ3) is 9.66. The second kappa shape index (κ2) is 13.6. The van der Waals surface area contributed by atoms with Crippen molar-refractivity contribution < 1.29 is 9.26 Å². The van der Waals surface area contributed by atoms with Crippen LogP contribution in [-0.2, 0) is 6.42 Å². The molecule has 0 aliphatic heterocycles. The SMILES string of the molecule is CCNC(=NCC(C)Oc1ccc(Cl)cc1)NCCCc1nc(C(C)C)no1.I. The molecule has 7 nitrogen and oxygen atoms in total. The fraction of sp³-hybridized carbons (Fsp3) is 0.550. The standard InChI is InChI=1S/C20H30ClN5O2.HI/c1-5-22-20(23-12-6-7-18-25-19(14(2)3)26-28-18)24-13-15(4)27-17-10-8-16(21)9-11-17;/h8-11,14-15H,5-7,12-13H2,1-4H3,(H2,22,23,24);1H. The van der Waals surface area contributed by atoms with Crippen LogP contribution in [0.2, 0.25) is 5.02 Å². The van der Waals surface area contributed by atoms with Crippen LogP contribution in [0, 0.1) is 0 Å². The molecule has 0 saturated carbocycles. The number of aryl methyl sites for hydroxylation is 1. The predicted molar refractivity (Wildman–Crippen MR) is 128 cm³/mol. The molecule has 1 aromatic heterocycles. The van der Waals surface area contributed by atoms with Crippen molar-refractivity contribution in [1.82, 2.24) is 20.8 Å². The normalized spacial score (nSPS) is 12.4. The van der Waals surface area contributed by atoms with E-state index in [1.54, 1.807) is 0 Å². The first-order chi connectivity index (χ1) is 13.5. The highest BCUT2D eigenvalue weighted by Gasteiger charge is 2.09. The Morgan fingerprint density at radius 1 is 1.21 bits per heavy atom. The quantitative estimate of drug-likeness (QED) is 0.203. The van der Waals surface area contributed by atoms with Crippen LogP contribution in [0.5, 0.6) is 5.75 Å². The van der Waals surface area contributed by atoms with Gasteiger partial charge in [-0.25, -0.2) is 4.99 Å². The lowest BCUT2D eigenvalue weighted by atomic mass is 10.2. The molecule has 162 valence electrons. The van der Waals surface area contributed by atoms with Crippen molar-refractivity contribution in [1.29, 1.82) is 0 Å². The van der Waals surface area contributed by atoms with Crippen molar-refractivity contribution in [3.8, 4) is 5.75 Å². The molecule has 1 aromatic carbocycles. The molecule has 2 aromatic rings. The van der Waals surface area contributed by atoms with Gasteiger partial charge in [-0.3, -0.25) is 0 Å². The summed E-state index contributed by atoms with van der Waals surface area (Å²) in [6, 6.07) is 7.33. The van der Waals surface area contributed by atoms with E-state index in [0.29, 0.717) is 17.5 Å². The Morgan fingerprint density at radius 3 is 2.55 bits per heavy atom. The van der Waals surface area contributed by atoms with Crippen molar-refractivity contribution in [2.24, 2.45) is 4.99 Å². The van der Waals surface area contributed by atoms with E-state index in [1.165, 1.54) is 0 Å². The molecule has 0 aliphatic carbocycles. The van der Waals surface area contributed by atoms with Gasteiger partial charge >= 0.3 is 0 Å². The molecule has 1 unspecified atom stereocenters. The van der Waals surface area contributed by atoms with Gasteiger partial charge in [-0.15, -0.1) is 24.0 Å².